The predicted molar refractivity (Wildman–Crippen MR) is 76.1 cm³/mol. The lowest BCUT2D eigenvalue weighted by molar-refractivity contribution is 0.412. The summed E-state index contributed by atoms with van der Waals surface area (Å²) < 4.78 is 6.02. The van der Waals surface area contributed by atoms with Gasteiger partial charge in [-0.1, -0.05) is 11.3 Å². The molecule has 92 valence electrons. The van der Waals surface area contributed by atoms with Crippen LogP contribution in [0.3, 0.4) is 0 Å². The topological polar surface area (TPSA) is 57.9 Å². The summed E-state index contributed by atoms with van der Waals surface area (Å²) in [5.74, 6) is 0.751. The van der Waals surface area contributed by atoms with Gasteiger partial charge in [0.05, 0.1) is 11.6 Å². The standard InChI is InChI=1S/C12H10BrN3OS/c1-15-12-16-11(10(6-14)18-12)7-3-4-9(17-2)8(13)5-7/h3-5H,1-2H3,(H,15,16). The second kappa shape index (κ2) is 5.38. The Kier molecular flexibility index (Phi) is 3.84. The van der Waals surface area contributed by atoms with Crippen LogP contribution in [0.25, 0.3) is 11.3 Å². The summed E-state index contributed by atoms with van der Waals surface area (Å²) in [6, 6.07) is 7.80. The average Bonchev–Trinajstić information content (AvgIpc) is 2.82. The van der Waals surface area contributed by atoms with Gasteiger partial charge in [0.1, 0.15) is 22.4 Å². The number of ether oxygens (including phenoxy) is 1. The van der Waals surface area contributed by atoms with Crippen LogP contribution < -0.4 is 10.1 Å². The Labute approximate surface area is 117 Å². The van der Waals surface area contributed by atoms with E-state index in [1.165, 1.54) is 11.3 Å². The molecule has 0 aliphatic heterocycles. The van der Waals surface area contributed by atoms with Gasteiger partial charge in [-0.3, -0.25) is 0 Å². The van der Waals surface area contributed by atoms with E-state index in [1.54, 1.807) is 14.2 Å². The van der Waals surface area contributed by atoms with Crippen LogP contribution in [-0.2, 0) is 0 Å². The van der Waals surface area contributed by atoms with Gasteiger partial charge in [0, 0.05) is 12.6 Å². The van der Waals surface area contributed by atoms with Crippen molar-refractivity contribution < 1.29 is 4.74 Å². The number of anilines is 1. The van der Waals surface area contributed by atoms with Gasteiger partial charge < -0.3 is 10.1 Å². The van der Waals surface area contributed by atoms with Gasteiger partial charge in [-0.05, 0) is 34.1 Å². The molecule has 2 rings (SSSR count). The molecule has 2 aromatic rings. The SMILES string of the molecule is CNc1nc(-c2ccc(OC)c(Br)c2)c(C#N)s1. The summed E-state index contributed by atoms with van der Waals surface area (Å²) in [7, 11) is 3.40. The van der Waals surface area contributed by atoms with Crippen molar-refractivity contribution in [1.82, 2.24) is 4.98 Å². The summed E-state index contributed by atoms with van der Waals surface area (Å²) in [5.41, 5.74) is 1.58. The van der Waals surface area contributed by atoms with Crippen LogP contribution in [0.4, 0.5) is 5.13 Å². The smallest absolute Gasteiger partial charge is 0.184 e. The molecular formula is C12H10BrN3OS. The molecule has 0 aliphatic carbocycles. The molecule has 1 heterocycles. The van der Waals surface area contributed by atoms with Gasteiger partial charge in [0.15, 0.2) is 5.13 Å². The normalized spacial score (nSPS) is 9.89. The van der Waals surface area contributed by atoms with Gasteiger partial charge in [0.2, 0.25) is 0 Å². The monoisotopic (exact) mass is 323 g/mol. The van der Waals surface area contributed by atoms with Crippen LogP contribution in [0, 0.1) is 11.3 Å². The number of hydrogen-bond acceptors (Lipinski definition) is 5. The molecule has 0 aliphatic rings. The van der Waals surface area contributed by atoms with Crippen molar-refractivity contribution in [3.63, 3.8) is 0 Å². The first-order chi connectivity index (χ1) is 8.69. The fraction of sp³-hybridized carbons (Fsp3) is 0.167. The Morgan fingerprint density at radius 3 is 2.83 bits per heavy atom. The van der Waals surface area contributed by atoms with E-state index in [9.17, 15) is 0 Å². The molecule has 0 radical (unpaired) electrons. The number of nitriles is 1. The number of benzene rings is 1. The fourth-order valence-corrected chi connectivity index (χ4v) is 2.79. The van der Waals surface area contributed by atoms with Crippen molar-refractivity contribution in [1.29, 1.82) is 5.26 Å². The van der Waals surface area contributed by atoms with Crippen LogP contribution >= 0.6 is 27.3 Å². The largest absolute Gasteiger partial charge is 0.496 e. The zero-order valence-corrected chi connectivity index (χ0v) is 12.2. The lowest BCUT2D eigenvalue weighted by Gasteiger charge is -2.04. The molecule has 18 heavy (non-hydrogen) atoms. The first kappa shape index (κ1) is 12.9. The third-order valence-electron chi connectivity index (χ3n) is 2.37. The number of thiazole rings is 1. The number of nitrogens with one attached hydrogen (secondary N) is 1. The van der Waals surface area contributed by atoms with E-state index in [1.807, 2.05) is 18.2 Å². The number of methoxy groups -OCH3 is 1. The number of nitrogens with zero attached hydrogens (tertiary/aromatic N) is 2. The highest BCUT2D eigenvalue weighted by molar-refractivity contribution is 9.10. The number of halogens is 1. The van der Waals surface area contributed by atoms with Gasteiger partial charge >= 0.3 is 0 Å². The van der Waals surface area contributed by atoms with E-state index in [0.717, 1.165) is 20.9 Å². The maximum atomic E-state index is 9.11. The molecule has 1 aromatic carbocycles. The van der Waals surface area contributed by atoms with Crippen molar-refractivity contribution in [2.24, 2.45) is 0 Å². The van der Waals surface area contributed by atoms with Gasteiger partial charge in [-0.2, -0.15) is 5.26 Å². The Morgan fingerprint density at radius 1 is 1.50 bits per heavy atom. The van der Waals surface area contributed by atoms with E-state index in [-0.39, 0.29) is 0 Å². The highest BCUT2D eigenvalue weighted by Gasteiger charge is 2.13. The summed E-state index contributed by atoms with van der Waals surface area (Å²) in [4.78, 5) is 4.98. The van der Waals surface area contributed by atoms with E-state index in [2.05, 4.69) is 32.3 Å². The second-order valence-corrected chi connectivity index (χ2v) is 5.26. The van der Waals surface area contributed by atoms with Crippen molar-refractivity contribution in [2.75, 3.05) is 19.5 Å². The Morgan fingerprint density at radius 2 is 2.28 bits per heavy atom. The Hall–Kier alpha value is -1.58. The molecule has 0 saturated carbocycles. The van der Waals surface area contributed by atoms with Crippen molar-refractivity contribution in [2.45, 2.75) is 0 Å². The number of aromatic nitrogens is 1. The zero-order chi connectivity index (χ0) is 13.1. The molecule has 0 bridgehead atoms. The van der Waals surface area contributed by atoms with Crippen LogP contribution in [0.1, 0.15) is 4.88 Å². The Balaban J connectivity index is 2.52. The molecule has 6 heteroatoms. The third-order valence-corrected chi connectivity index (χ3v) is 3.97. The number of hydrogen-bond donors (Lipinski definition) is 1. The van der Waals surface area contributed by atoms with Crippen LogP contribution in [0.2, 0.25) is 0 Å². The Bertz CT molecular complexity index is 618. The van der Waals surface area contributed by atoms with Crippen LogP contribution in [0.5, 0.6) is 5.75 Å². The molecule has 0 atom stereocenters. The van der Waals surface area contributed by atoms with E-state index >= 15 is 0 Å². The number of rotatable bonds is 3. The van der Waals surface area contributed by atoms with Crippen LogP contribution in [-0.4, -0.2) is 19.1 Å². The lowest BCUT2D eigenvalue weighted by Crippen LogP contribution is -1.88. The van der Waals surface area contributed by atoms with E-state index < -0.39 is 0 Å². The quantitative estimate of drug-likeness (QED) is 0.939. The first-order valence-corrected chi connectivity index (χ1v) is 6.73. The molecule has 1 N–H and O–H groups in total. The van der Waals surface area contributed by atoms with Crippen molar-refractivity contribution in [3.05, 3.63) is 27.5 Å². The molecule has 0 unspecified atom stereocenters. The average molecular weight is 324 g/mol. The third kappa shape index (κ3) is 2.33. The lowest BCUT2D eigenvalue weighted by atomic mass is 10.1. The molecule has 0 fully saturated rings. The van der Waals surface area contributed by atoms with E-state index in [4.69, 9.17) is 10.00 Å². The second-order valence-electron chi connectivity index (χ2n) is 3.41. The summed E-state index contributed by atoms with van der Waals surface area (Å²) in [6.45, 7) is 0. The maximum Gasteiger partial charge on any atom is 0.184 e. The van der Waals surface area contributed by atoms with E-state index in [0.29, 0.717) is 10.6 Å². The minimum atomic E-state index is 0.594. The molecule has 0 amide bonds. The highest BCUT2D eigenvalue weighted by Crippen LogP contribution is 2.34. The zero-order valence-electron chi connectivity index (χ0n) is 9.82. The van der Waals surface area contributed by atoms with Crippen molar-refractivity contribution >= 4 is 32.4 Å². The van der Waals surface area contributed by atoms with Crippen LogP contribution in [0.15, 0.2) is 22.7 Å². The molecule has 0 spiro atoms. The fourth-order valence-electron chi connectivity index (χ4n) is 1.51. The molecule has 0 saturated heterocycles. The summed E-state index contributed by atoms with van der Waals surface area (Å²) in [6.07, 6.45) is 0. The predicted octanol–water partition coefficient (Wildman–Crippen LogP) is 3.49. The van der Waals surface area contributed by atoms with Gasteiger partial charge in [-0.25, -0.2) is 4.98 Å². The minimum absolute atomic E-state index is 0.594. The first-order valence-electron chi connectivity index (χ1n) is 5.12. The molecule has 1 aromatic heterocycles. The van der Waals surface area contributed by atoms with Gasteiger partial charge in [-0.15, -0.1) is 0 Å². The van der Waals surface area contributed by atoms with Gasteiger partial charge in [0.25, 0.3) is 0 Å². The summed E-state index contributed by atoms with van der Waals surface area (Å²) >= 11 is 4.77. The minimum Gasteiger partial charge on any atom is -0.496 e. The molecule has 4 nitrogen and oxygen atoms in total. The molecular weight excluding hydrogens is 314 g/mol. The maximum absolute atomic E-state index is 9.11. The van der Waals surface area contributed by atoms with Crippen molar-refractivity contribution in [3.8, 4) is 23.1 Å². The highest BCUT2D eigenvalue weighted by atomic mass is 79.9. The summed E-state index contributed by atoms with van der Waals surface area (Å²) in [5, 5.41) is 12.8.